The summed E-state index contributed by atoms with van der Waals surface area (Å²) in [7, 11) is 1.75. The minimum absolute atomic E-state index is 0.292. The van der Waals surface area contributed by atoms with Gasteiger partial charge in [-0.1, -0.05) is 12.2 Å². The van der Waals surface area contributed by atoms with Gasteiger partial charge in [-0.15, -0.1) is 0 Å². The van der Waals surface area contributed by atoms with E-state index in [4.69, 9.17) is 22.7 Å². The Morgan fingerprint density at radius 2 is 2.43 bits per heavy atom. The third-order valence-corrected chi connectivity index (χ3v) is 3.16. The maximum atomic E-state index is 5.67. The second-order valence-electron chi connectivity index (χ2n) is 4.05. The standard InChI is InChI=1S/C10H20N2OS/c1-8(13-2)6-12-5-3-4-9(7-12)10(11)14/h8-9H,3-7H2,1-2H3,(H2,11,14). The Kier molecular flexibility index (Phi) is 4.78. The molecule has 2 unspecified atom stereocenters. The summed E-state index contributed by atoms with van der Waals surface area (Å²) in [5.41, 5.74) is 5.67. The van der Waals surface area contributed by atoms with Crippen LogP contribution in [0, 0.1) is 5.92 Å². The van der Waals surface area contributed by atoms with Gasteiger partial charge in [0.2, 0.25) is 0 Å². The molecule has 3 nitrogen and oxygen atoms in total. The molecule has 1 rings (SSSR count). The smallest absolute Gasteiger partial charge is 0.0771 e. The lowest BCUT2D eigenvalue weighted by Crippen LogP contribution is -2.43. The first-order chi connectivity index (χ1) is 6.63. The van der Waals surface area contributed by atoms with E-state index in [1.54, 1.807) is 7.11 Å². The van der Waals surface area contributed by atoms with Gasteiger partial charge in [-0.2, -0.15) is 0 Å². The van der Waals surface area contributed by atoms with Crippen molar-refractivity contribution >= 4 is 17.2 Å². The summed E-state index contributed by atoms with van der Waals surface area (Å²) in [5.74, 6) is 0.405. The van der Waals surface area contributed by atoms with Gasteiger partial charge in [-0.05, 0) is 26.3 Å². The number of ether oxygens (including phenoxy) is 1. The Morgan fingerprint density at radius 3 is 3.00 bits per heavy atom. The van der Waals surface area contributed by atoms with Crippen molar-refractivity contribution in [3.8, 4) is 0 Å². The third-order valence-electron chi connectivity index (χ3n) is 2.83. The van der Waals surface area contributed by atoms with Crippen molar-refractivity contribution in [1.82, 2.24) is 4.90 Å². The number of nitrogens with two attached hydrogens (primary N) is 1. The summed E-state index contributed by atoms with van der Waals surface area (Å²) in [6.45, 7) is 5.22. The van der Waals surface area contributed by atoms with Crippen molar-refractivity contribution in [2.45, 2.75) is 25.9 Å². The molecule has 1 saturated heterocycles. The van der Waals surface area contributed by atoms with Crippen molar-refractivity contribution in [2.24, 2.45) is 11.7 Å². The lowest BCUT2D eigenvalue weighted by molar-refractivity contribution is 0.0655. The Morgan fingerprint density at radius 1 is 1.71 bits per heavy atom. The zero-order valence-electron chi connectivity index (χ0n) is 9.03. The lowest BCUT2D eigenvalue weighted by atomic mass is 9.98. The van der Waals surface area contributed by atoms with Gasteiger partial charge in [-0.3, -0.25) is 0 Å². The SMILES string of the molecule is COC(C)CN1CCCC(C(N)=S)C1. The number of thiocarbonyl (C=S) groups is 1. The van der Waals surface area contributed by atoms with Gasteiger partial charge in [0.05, 0.1) is 11.1 Å². The van der Waals surface area contributed by atoms with Gasteiger partial charge in [0.15, 0.2) is 0 Å². The van der Waals surface area contributed by atoms with Crippen LogP contribution < -0.4 is 5.73 Å². The molecule has 1 aliphatic rings. The van der Waals surface area contributed by atoms with E-state index >= 15 is 0 Å². The predicted octanol–water partition coefficient (Wildman–Crippen LogP) is 1.02. The first-order valence-electron chi connectivity index (χ1n) is 5.18. The monoisotopic (exact) mass is 216 g/mol. The van der Waals surface area contributed by atoms with Crippen LogP contribution >= 0.6 is 12.2 Å². The number of methoxy groups -OCH3 is 1. The average molecular weight is 216 g/mol. The largest absolute Gasteiger partial charge is 0.393 e. The molecule has 82 valence electrons. The average Bonchev–Trinajstić information content (AvgIpc) is 2.18. The molecule has 0 radical (unpaired) electrons. The fourth-order valence-electron chi connectivity index (χ4n) is 1.89. The van der Waals surface area contributed by atoms with Crippen molar-refractivity contribution < 1.29 is 4.74 Å². The van der Waals surface area contributed by atoms with Crippen LogP contribution in [0.25, 0.3) is 0 Å². The van der Waals surface area contributed by atoms with Gasteiger partial charge in [-0.25, -0.2) is 0 Å². The Bertz CT molecular complexity index is 199. The second-order valence-corrected chi connectivity index (χ2v) is 4.52. The summed E-state index contributed by atoms with van der Waals surface area (Å²) < 4.78 is 5.24. The maximum absolute atomic E-state index is 5.67. The van der Waals surface area contributed by atoms with Crippen molar-refractivity contribution in [3.63, 3.8) is 0 Å². The number of piperidine rings is 1. The highest BCUT2D eigenvalue weighted by molar-refractivity contribution is 7.80. The van der Waals surface area contributed by atoms with Crippen LogP contribution in [0.15, 0.2) is 0 Å². The molecule has 4 heteroatoms. The number of hydrogen-bond acceptors (Lipinski definition) is 3. The van der Waals surface area contributed by atoms with E-state index in [1.807, 2.05) is 0 Å². The minimum atomic E-state index is 0.292. The molecule has 0 aliphatic carbocycles. The van der Waals surface area contributed by atoms with Crippen LogP contribution in [-0.2, 0) is 4.74 Å². The van der Waals surface area contributed by atoms with Crippen molar-refractivity contribution in [1.29, 1.82) is 0 Å². The van der Waals surface area contributed by atoms with Crippen molar-refractivity contribution in [3.05, 3.63) is 0 Å². The molecule has 0 aromatic carbocycles. The fraction of sp³-hybridized carbons (Fsp3) is 0.900. The molecule has 0 spiro atoms. The molecule has 2 N–H and O–H groups in total. The Labute approximate surface area is 91.6 Å². The zero-order chi connectivity index (χ0) is 10.6. The van der Waals surface area contributed by atoms with E-state index in [0.717, 1.165) is 26.1 Å². The number of hydrogen-bond donors (Lipinski definition) is 1. The molecule has 0 aromatic rings. The summed E-state index contributed by atoms with van der Waals surface area (Å²) in [6, 6.07) is 0. The van der Waals surface area contributed by atoms with Crippen LogP contribution in [-0.4, -0.2) is 42.7 Å². The maximum Gasteiger partial charge on any atom is 0.0771 e. The lowest BCUT2D eigenvalue weighted by Gasteiger charge is -2.33. The molecule has 0 amide bonds. The van der Waals surface area contributed by atoms with E-state index in [1.165, 1.54) is 6.42 Å². The highest BCUT2D eigenvalue weighted by Gasteiger charge is 2.22. The molecule has 1 heterocycles. The Balaban J connectivity index is 2.36. The molecular weight excluding hydrogens is 196 g/mol. The topological polar surface area (TPSA) is 38.5 Å². The van der Waals surface area contributed by atoms with Crippen LogP contribution in [0.4, 0.5) is 0 Å². The van der Waals surface area contributed by atoms with Crippen LogP contribution in [0.3, 0.4) is 0 Å². The summed E-state index contributed by atoms with van der Waals surface area (Å²) in [5, 5.41) is 0. The summed E-state index contributed by atoms with van der Waals surface area (Å²) in [4.78, 5) is 3.06. The zero-order valence-corrected chi connectivity index (χ0v) is 9.85. The quantitative estimate of drug-likeness (QED) is 0.712. The van der Waals surface area contributed by atoms with E-state index in [0.29, 0.717) is 17.0 Å². The molecule has 0 saturated carbocycles. The normalized spacial score (nSPS) is 26.0. The van der Waals surface area contributed by atoms with Crippen LogP contribution in [0.1, 0.15) is 19.8 Å². The number of rotatable bonds is 4. The molecule has 0 bridgehead atoms. The molecule has 14 heavy (non-hydrogen) atoms. The third kappa shape index (κ3) is 3.52. The highest BCUT2D eigenvalue weighted by atomic mass is 32.1. The van der Waals surface area contributed by atoms with E-state index in [9.17, 15) is 0 Å². The summed E-state index contributed by atoms with van der Waals surface area (Å²) >= 11 is 5.03. The fourth-order valence-corrected chi connectivity index (χ4v) is 2.08. The molecule has 1 aliphatic heterocycles. The van der Waals surface area contributed by atoms with E-state index in [-0.39, 0.29) is 0 Å². The van der Waals surface area contributed by atoms with Gasteiger partial charge in [0.25, 0.3) is 0 Å². The molecular formula is C10H20N2OS. The number of likely N-dealkylation sites (tertiary alicyclic amines) is 1. The van der Waals surface area contributed by atoms with Crippen molar-refractivity contribution in [2.75, 3.05) is 26.7 Å². The Hall–Kier alpha value is -0.190. The molecule has 1 fully saturated rings. The van der Waals surface area contributed by atoms with Gasteiger partial charge in [0, 0.05) is 26.1 Å². The van der Waals surface area contributed by atoms with Gasteiger partial charge >= 0.3 is 0 Å². The molecule has 0 aromatic heterocycles. The summed E-state index contributed by atoms with van der Waals surface area (Å²) in [6.07, 6.45) is 2.63. The minimum Gasteiger partial charge on any atom is -0.393 e. The number of nitrogens with zero attached hydrogens (tertiary/aromatic N) is 1. The van der Waals surface area contributed by atoms with E-state index < -0.39 is 0 Å². The van der Waals surface area contributed by atoms with Crippen LogP contribution in [0.5, 0.6) is 0 Å². The van der Waals surface area contributed by atoms with E-state index in [2.05, 4.69) is 11.8 Å². The second kappa shape index (κ2) is 5.63. The first-order valence-corrected chi connectivity index (χ1v) is 5.58. The van der Waals surface area contributed by atoms with Crippen LogP contribution in [0.2, 0.25) is 0 Å². The highest BCUT2D eigenvalue weighted by Crippen LogP contribution is 2.16. The van der Waals surface area contributed by atoms with Gasteiger partial charge in [0.1, 0.15) is 0 Å². The predicted molar refractivity (Wildman–Crippen MR) is 62.4 cm³/mol. The molecule has 2 atom stereocenters. The van der Waals surface area contributed by atoms with Gasteiger partial charge < -0.3 is 15.4 Å². The first kappa shape index (κ1) is 11.9.